The summed E-state index contributed by atoms with van der Waals surface area (Å²) in [6.07, 6.45) is -2.76. The summed E-state index contributed by atoms with van der Waals surface area (Å²) in [5, 5.41) is 7.39. The van der Waals surface area contributed by atoms with Gasteiger partial charge in [0.2, 0.25) is 0 Å². The normalized spacial score (nSPS) is 12.7. The van der Waals surface area contributed by atoms with Gasteiger partial charge in [0.05, 0.1) is 22.8 Å². The van der Waals surface area contributed by atoms with E-state index in [9.17, 15) is 18.0 Å². The van der Waals surface area contributed by atoms with Gasteiger partial charge in [0.15, 0.2) is 5.69 Å². The van der Waals surface area contributed by atoms with Gasteiger partial charge in [-0.3, -0.25) is 9.48 Å². The van der Waals surface area contributed by atoms with Gasteiger partial charge in [0.25, 0.3) is 5.91 Å². The van der Waals surface area contributed by atoms with E-state index >= 15 is 0 Å². The molecule has 32 heavy (non-hydrogen) atoms. The first kappa shape index (κ1) is 21.5. The number of benzene rings is 2. The van der Waals surface area contributed by atoms with Crippen LogP contribution in [-0.4, -0.2) is 20.7 Å². The largest absolute Gasteiger partial charge is 0.435 e. The topological polar surface area (TPSA) is 59.8 Å². The van der Waals surface area contributed by atoms with E-state index in [1.165, 1.54) is 13.2 Å². The number of para-hydroxylation sites is 1. The molecule has 0 radical (unpaired) electrons. The van der Waals surface area contributed by atoms with Crippen LogP contribution in [0, 0.1) is 0 Å². The molecule has 1 atom stereocenters. The Morgan fingerprint density at radius 3 is 2.47 bits per heavy atom. The lowest BCUT2D eigenvalue weighted by molar-refractivity contribution is -0.141. The number of amides is 1. The summed E-state index contributed by atoms with van der Waals surface area (Å²) in [6.45, 7) is 1.91. The third kappa shape index (κ3) is 4.21. The highest BCUT2D eigenvalue weighted by Crippen LogP contribution is 2.37. The molecule has 1 unspecified atom stereocenters. The number of fused-ring (bicyclic) bond motifs is 1. The number of hydrogen-bond donors (Lipinski definition) is 1. The van der Waals surface area contributed by atoms with Crippen molar-refractivity contribution in [2.45, 2.75) is 25.6 Å². The van der Waals surface area contributed by atoms with E-state index < -0.39 is 17.9 Å². The van der Waals surface area contributed by atoms with Crippen molar-refractivity contribution in [1.82, 2.24) is 20.1 Å². The third-order valence-corrected chi connectivity index (χ3v) is 5.25. The first-order valence-electron chi connectivity index (χ1n) is 10.1. The van der Waals surface area contributed by atoms with Crippen LogP contribution in [0.3, 0.4) is 0 Å². The summed E-state index contributed by atoms with van der Waals surface area (Å²) < 4.78 is 41.9. The van der Waals surface area contributed by atoms with Crippen LogP contribution in [0.1, 0.15) is 41.0 Å². The number of carbonyl (C=O) groups is 1. The Morgan fingerprint density at radius 1 is 1.09 bits per heavy atom. The molecule has 0 fully saturated rings. The van der Waals surface area contributed by atoms with Crippen LogP contribution < -0.4 is 5.32 Å². The van der Waals surface area contributed by atoms with Crippen molar-refractivity contribution in [1.29, 1.82) is 0 Å². The van der Waals surface area contributed by atoms with Gasteiger partial charge in [-0.25, -0.2) is 4.98 Å². The molecule has 5 nitrogen and oxygen atoms in total. The van der Waals surface area contributed by atoms with E-state index in [2.05, 4.69) is 15.4 Å². The van der Waals surface area contributed by atoms with Gasteiger partial charge in [-0.2, -0.15) is 18.3 Å². The van der Waals surface area contributed by atoms with Crippen molar-refractivity contribution in [2.75, 3.05) is 0 Å². The molecule has 1 N–H and O–H groups in total. The predicted octanol–water partition coefficient (Wildman–Crippen LogP) is 5.54. The summed E-state index contributed by atoms with van der Waals surface area (Å²) >= 11 is 0. The minimum absolute atomic E-state index is 0.101. The summed E-state index contributed by atoms with van der Waals surface area (Å²) in [6, 6.07) is 17.2. The summed E-state index contributed by atoms with van der Waals surface area (Å²) in [4.78, 5) is 17.3. The molecule has 8 heteroatoms. The van der Waals surface area contributed by atoms with Crippen LogP contribution in [-0.2, 0) is 13.2 Å². The highest BCUT2D eigenvalue weighted by molar-refractivity contribution is 5.95. The lowest BCUT2D eigenvalue weighted by atomic mass is 9.96. The van der Waals surface area contributed by atoms with E-state index in [4.69, 9.17) is 0 Å². The van der Waals surface area contributed by atoms with Crippen molar-refractivity contribution in [3.63, 3.8) is 0 Å². The lowest BCUT2D eigenvalue weighted by Crippen LogP contribution is -2.28. The van der Waals surface area contributed by atoms with Gasteiger partial charge in [0.1, 0.15) is 0 Å². The van der Waals surface area contributed by atoms with Crippen LogP contribution in [0.5, 0.6) is 0 Å². The number of carbonyl (C=O) groups excluding carboxylic acids is 1. The molecule has 0 bridgehead atoms. The summed E-state index contributed by atoms with van der Waals surface area (Å²) in [7, 11) is 1.44. The Hall–Kier alpha value is -3.68. The number of alkyl halides is 3. The van der Waals surface area contributed by atoms with E-state index in [1.807, 2.05) is 25.1 Å². The predicted molar refractivity (Wildman–Crippen MR) is 116 cm³/mol. The number of rotatable bonds is 5. The maximum absolute atomic E-state index is 13.6. The number of pyridine rings is 1. The second kappa shape index (κ2) is 8.45. The Kier molecular flexibility index (Phi) is 5.69. The molecule has 0 saturated carbocycles. The van der Waals surface area contributed by atoms with Gasteiger partial charge < -0.3 is 5.32 Å². The van der Waals surface area contributed by atoms with Crippen LogP contribution in [0.2, 0.25) is 0 Å². The molecule has 0 aliphatic carbocycles. The Bertz CT molecular complexity index is 1270. The molecule has 2 heterocycles. The SMILES string of the molecule is CCC(NC(=O)c1ccccc1)c1cc(-c2cn(C)nc2C(F)(F)F)nc2ccccc12. The monoisotopic (exact) mass is 438 g/mol. The van der Waals surface area contributed by atoms with Crippen molar-refractivity contribution >= 4 is 16.8 Å². The average molecular weight is 438 g/mol. The Balaban J connectivity index is 1.84. The van der Waals surface area contributed by atoms with Crippen LogP contribution >= 0.6 is 0 Å². The molecule has 0 aliphatic rings. The molecule has 0 saturated heterocycles. The van der Waals surface area contributed by atoms with Crippen LogP contribution in [0.4, 0.5) is 13.2 Å². The third-order valence-electron chi connectivity index (χ3n) is 5.25. The maximum atomic E-state index is 13.6. The summed E-state index contributed by atoms with van der Waals surface area (Å²) in [5.41, 5.74) is 0.827. The molecular weight excluding hydrogens is 417 g/mol. The van der Waals surface area contributed by atoms with Gasteiger partial charge in [-0.1, -0.05) is 43.3 Å². The zero-order chi connectivity index (χ0) is 22.9. The van der Waals surface area contributed by atoms with Gasteiger partial charge >= 0.3 is 6.18 Å². The van der Waals surface area contributed by atoms with E-state index in [0.29, 0.717) is 23.1 Å². The number of nitrogens with one attached hydrogen (secondary N) is 1. The number of hydrogen-bond acceptors (Lipinski definition) is 3. The Morgan fingerprint density at radius 2 is 1.78 bits per heavy atom. The second-order valence-electron chi connectivity index (χ2n) is 7.48. The minimum atomic E-state index is -4.62. The molecule has 1 amide bonds. The van der Waals surface area contributed by atoms with Crippen molar-refractivity contribution in [3.05, 3.63) is 83.7 Å². The molecule has 0 spiro atoms. The fourth-order valence-corrected chi connectivity index (χ4v) is 3.74. The number of aryl methyl sites for hydroxylation is 1. The fourth-order valence-electron chi connectivity index (χ4n) is 3.74. The molecular formula is C24H21F3N4O. The van der Waals surface area contributed by atoms with Crippen LogP contribution in [0.25, 0.3) is 22.2 Å². The highest BCUT2D eigenvalue weighted by atomic mass is 19.4. The average Bonchev–Trinajstić information content (AvgIpc) is 3.19. The first-order chi connectivity index (χ1) is 15.3. The maximum Gasteiger partial charge on any atom is 0.435 e. The fraction of sp³-hybridized carbons (Fsp3) is 0.208. The van der Waals surface area contributed by atoms with Gasteiger partial charge in [-0.15, -0.1) is 0 Å². The minimum Gasteiger partial charge on any atom is -0.345 e. The zero-order valence-electron chi connectivity index (χ0n) is 17.5. The highest BCUT2D eigenvalue weighted by Gasteiger charge is 2.38. The molecule has 2 aromatic heterocycles. The quantitative estimate of drug-likeness (QED) is 0.445. The Labute approximate surface area is 182 Å². The van der Waals surface area contributed by atoms with Gasteiger partial charge in [-0.05, 0) is 36.2 Å². The molecule has 164 valence electrons. The summed E-state index contributed by atoms with van der Waals surface area (Å²) in [5.74, 6) is -0.253. The van der Waals surface area contributed by atoms with Crippen LogP contribution in [0.15, 0.2) is 66.9 Å². The van der Waals surface area contributed by atoms with E-state index in [0.717, 1.165) is 10.1 Å². The standard InChI is InChI=1S/C24H21F3N4O/c1-3-19(29-23(32)15-9-5-4-6-10-15)17-13-21(28-20-12-8-7-11-16(17)20)18-14-31(2)30-22(18)24(25,26)27/h4-14,19H,3H2,1-2H3,(H,29,32). The van der Waals surface area contributed by atoms with Crippen molar-refractivity contribution in [3.8, 4) is 11.3 Å². The molecule has 0 aliphatic heterocycles. The molecule has 4 rings (SSSR count). The molecule has 2 aromatic carbocycles. The number of nitrogens with zero attached hydrogens (tertiary/aromatic N) is 3. The lowest BCUT2D eigenvalue weighted by Gasteiger charge is -2.20. The van der Waals surface area contributed by atoms with E-state index in [1.54, 1.807) is 42.5 Å². The van der Waals surface area contributed by atoms with E-state index in [-0.39, 0.29) is 17.2 Å². The first-order valence-corrected chi connectivity index (χ1v) is 10.1. The van der Waals surface area contributed by atoms with Crippen molar-refractivity contribution in [2.24, 2.45) is 7.05 Å². The number of aromatic nitrogens is 3. The second-order valence-corrected chi connectivity index (χ2v) is 7.48. The van der Waals surface area contributed by atoms with Crippen molar-refractivity contribution < 1.29 is 18.0 Å². The van der Waals surface area contributed by atoms with Gasteiger partial charge in [0, 0.05) is 24.2 Å². The number of halogens is 3. The smallest absolute Gasteiger partial charge is 0.345 e. The molecule has 4 aromatic rings. The zero-order valence-corrected chi connectivity index (χ0v) is 17.5.